The topological polar surface area (TPSA) is 31.2 Å². The van der Waals surface area contributed by atoms with E-state index in [1.54, 1.807) is 0 Å². The number of ether oxygens (including phenoxy) is 1. The Kier molecular flexibility index (Phi) is 2.57. The molecule has 0 bridgehead atoms. The first-order chi connectivity index (χ1) is 6.79. The summed E-state index contributed by atoms with van der Waals surface area (Å²) in [5.74, 6) is 0.537. The summed E-state index contributed by atoms with van der Waals surface area (Å²) in [5.41, 5.74) is 1.36. The highest BCUT2D eigenvalue weighted by Crippen LogP contribution is 2.36. The van der Waals surface area contributed by atoms with Crippen molar-refractivity contribution < 1.29 is 9.53 Å². The molecule has 0 saturated heterocycles. The third-order valence-corrected chi connectivity index (χ3v) is 2.89. The molecule has 2 rings (SSSR count). The largest absolute Gasteiger partial charge is 0.468 e. The maximum absolute atomic E-state index is 11.0. The second kappa shape index (κ2) is 3.86. The molecule has 0 unspecified atom stereocenters. The SMILES string of the molecule is COC(=O)Cn1ccc(C2CCC2)c1. The van der Waals surface area contributed by atoms with Crippen molar-refractivity contribution in [1.82, 2.24) is 4.57 Å². The number of esters is 1. The van der Waals surface area contributed by atoms with Crippen LogP contribution in [0.15, 0.2) is 18.5 Å². The summed E-state index contributed by atoms with van der Waals surface area (Å²) >= 11 is 0. The lowest BCUT2D eigenvalue weighted by molar-refractivity contribution is -0.141. The number of hydrogen-bond donors (Lipinski definition) is 0. The summed E-state index contributed by atoms with van der Waals surface area (Å²) < 4.78 is 6.49. The van der Waals surface area contributed by atoms with Crippen LogP contribution < -0.4 is 0 Å². The van der Waals surface area contributed by atoms with E-state index in [2.05, 4.69) is 17.0 Å². The van der Waals surface area contributed by atoms with Gasteiger partial charge in [0.2, 0.25) is 0 Å². The standard InChI is InChI=1S/C11H15NO2/c1-14-11(13)8-12-6-5-10(7-12)9-3-2-4-9/h5-7,9H,2-4,8H2,1H3. The van der Waals surface area contributed by atoms with Crippen LogP contribution in [-0.4, -0.2) is 17.6 Å². The third-order valence-electron chi connectivity index (χ3n) is 2.89. The van der Waals surface area contributed by atoms with Gasteiger partial charge < -0.3 is 9.30 Å². The average molecular weight is 193 g/mol. The summed E-state index contributed by atoms with van der Waals surface area (Å²) in [6.45, 7) is 0.323. The van der Waals surface area contributed by atoms with Crippen molar-refractivity contribution in [2.24, 2.45) is 0 Å². The number of methoxy groups -OCH3 is 1. The van der Waals surface area contributed by atoms with Gasteiger partial charge in [-0.15, -0.1) is 0 Å². The zero-order valence-corrected chi connectivity index (χ0v) is 8.40. The molecular weight excluding hydrogens is 178 g/mol. The Morgan fingerprint density at radius 3 is 3.00 bits per heavy atom. The van der Waals surface area contributed by atoms with E-state index in [-0.39, 0.29) is 5.97 Å². The first-order valence-electron chi connectivity index (χ1n) is 5.02. The fourth-order valence-electron chi connectivity index (χ4n) is 1.75. The number of hydrogen-bond acceptors (Lipinski definition) is 2. The summed E-state index contributed by atoms with van der Waals surface area (Å²) in [7, 11) is 1.42. The lowest BCUT2D eigenvalue weighted by Crippen LogP contribution is -2.10. The van der Waals surface area contributed by atoms with Crippen LogP contribution in [-0.2, 0) is 16.1 Å². The monoisotopic (exact) mass is 193 g/mol. The second-order valence-corrected chi connectivity index (χ2v) is 3.82. The first-order valence-corrected chi connectivity index (χ1v) is 5.02. The van der Waals surface area contributed by atoms with Crippen LogP contribution in [0.4, 0.5) is 0 Å². The highest BCUT2D eigenvalue weighted by atomic mass is 16.5. The molecule has 1 heterocycles. The van der Waals surface area contributed by atoms with E-state index < -0.39 is 0 Å². The van der Waals surface area contributed by atoms with Gasteiger partial charge in [-0.05, 0) is 30.4 Å². The fourth-order valence-corrected chi connectivity index (χ4v) is 1.75. The number of aromatic nitrogens is 1. The van der Waals surface area contributed by atoms with Gasteiger partial charge in [-0.25, -0.2) is 0 Å². The van der Waals surface area contributed by atoms with Crippen LogP contribution in [0.25, 0.3) is 0 Å². The smallest absolute Gasteiger partial charge is 0.325 e. The van der Waals surface area contributed by atoms with Gasteiger partial charge in [0.15, 0.2) is 0 Å². The first kappa shape index (κ1) is 9.31. The Bertz CT molecular complexity index is 326. The third kappa shape index (κ3) is 1.81. The minimum Gasteiger partial charge on any atom is -0.468 e. The van der Waals surface area contributed by atoms with E-state index in [0.29, 0.717) is 6.54 Å². The Balaban J connectivity index is 1.98. The molecule has 1 fully saturated rings. The van der Waals surface area contributed by atoms with Gasteiger partial charge in [0.1, 0.15) is 6.54 Å². The maximum Gasteiger partial charge on any atom is 0.325 e. The van der Waals surface area contributed by atoms with E-state index >= 15 is 0 Å². The van der Waals surface area contributed by atoms with Crippen molar-refractivity contribution in [1.29, 1.82) is 0 Å². The number of carbonyl (C=O) groups excluding carboxylic acids is 1. The Labute approximate surface area is 83.7 Å². The second-order valence-electron chi connectivity index (χ2n) is 3.82. The zero-order valence-electron chi connectivity index (χ0n) is 8.40. The quantitative estimate of drug-likeness (QED) is 0.687. The van der Waals surface area contributed by atoms with Crippen LogP contribution in [0.2, 0.25) is 0 Å². The van der Waals surface area contributed by atoms with E-state index in [4.69, 9.17) is 0 Å². The van der Waals surface area contributed by atoms with Crippen LogP contribution >= 0.6 is 0 Å². The van der Waals surface area contributed by atoms with Crippen molar-refractivity contribution in [3.8, 4) is 0 Å². The predicted molar refractivity (Wildman–Crippen MR) is 53.0 cm³/mol. The van der Waals surface area contributed by atoms with Gasteiger partial charge >= 0.3 is 5.97 Å². The van der Waals surface area contributed by atoms with Gasteiger partial charge in [-0.2, -0.15) is 0 Å². The molecule has 14 heavy (non-hydrogen) atoms. The molecule has 3 nitrogen and oxygen atoms in total. The molecule has 1 saturated carbocycles. The molecule has 0 aromatic carbocycles. The molecule has 0 N–H and O–H groups in total. The Morgan fingerprint density at radius 2 is 2.43 bits per heavy atom. The summed E-state index contributed by atoms with van der Waals surface area (Å²) in [4.78, 5) is 11.0. The molecule has 0 spiro atoms. The lowest BCUT2D eigenvalue weighted by atomic mass is 9.81. The number of rotatable bonds is 3. The van der Waals surface area contributed by atoms with Gasteiger partial charge in [0, 0.05) is 12.4 Å². The molecule has 1 aliphatic rings. The molecule has 1 aromatic heterocycles. The molecule has 0 atom stereocenters. The molecule has 76 valence electrons. The summed E-state index contributed by atoms with van der Waals surface area (Å²) in [5, 5.41) is 0. The van der Waals surface area contributed by atoms with E-state index in [1.807, 2.05) is 10.8 Å². The highest BCUT2D eigenvalue weighted by molar-refractivity contribution is 5.68. The van der Waals surface area contributed by atoms with Crippen LogP contribution in [0.5, 0.6) is 0 Å². The number of carbonyl (C=O) groups is 1. The molecule has 0 aliphatic heterocycles. The predicted octanol–water partition coefficient (Wildman–Crippen LogP) is 1.93. The van der Waals surface area contributed by atoms with E-state index in [1.165, 1.54) is 31.9 Å². The maximum atomic E-state index is 11.0. The minimum atomic E-state index is -0.194. The Hall–Kier alpha value is -1.25. The van der Waals surface area contributed by atoms with Gasteiger partial charge in [-0.3, -0.25) is 4.79 Å². The van der Waals surface area contributed by atoms with Crippen molar-refractivity contribution >= 4 is 5.97 Å². The van der Waals surface area contributed by atoms with Crippen LogP contribution in [0, 0.1) is 0 Å². The number of nitrogens with zero attached hydrogens (tertiary/aromatic N) is 1. The van der Waals surface area contributed by atoms with Crippen LogP contribution in [0.3, 0.4) is 0 Å². The van der Waals surface area contributed by atoms with E-state index in [9.17, 15) is 4.79 Å². The lowest BCUT2D eigenvalue weighted by Gasteiger charge is -2.24. The molecule has 1 aromatic rings. The van der Waals surface area contributed by atoms with Crippen molar-refractivity contribution in [3.05, 3.63) is 24.0 Å². The van der Waals surface area contributed by atoms with E-state index in [0.717, 1.165) is 5.92 Å². The molecule has 0 amide bonds. The van der Waals surface area contributed by atoms with Crippen LogP contribution in [0.1, 0.15) is 30.7 Å². The molecular formula is C11H15NO2. The molecule has 0 radical (unpaired) electrons. The fraction of sp³-hybridized carbons (Fsp3) is 0.545. The van der Waals surface area contributed by atoms with Gasteiger partial charge in [-0.1, -0.05) is 6.42 Å². The molecule has 3 heteroatoms. The van der Waals surface area contributed by atoms with Crippen molar-refractivity contribution in [3.63, 3.8) is 0 Å². The van der Waals surface area contributed by atoms with Crippen molar-refractivity contribution in [2.75, 3.05) is 7.11 Å². The minimum absolute atomic E-state index is 0.194. The average Bonchev–Trinajstić information content (AvgIpc) is 2.50. The summed E-state index contributed by atoms with van der Waals surface area (Å²) in [6, 6.07) is 2.10. The molecule has 1 aliphatic carbocycles. The Morgan fingerprint density at radius 1 is 1.64 bits per heavy atom. The summed E-state index contributed by atoms with van der Waals surface area (Å²) in [6.07, 6.45) is 7.93. The normalized spacial score (nSPS) is 16.4. The van der Waals surface area contributed by atoms with Gasteiger partial charge in [0.25, 0.3) is 0 Å². The highest BCUT2D eigenvalue weighted by Gasteiger charge is 2.20. The van der Waals surface area contributed by atoms with Crippen molar-refractivity contribution in [2.45, 2.75) is 31.7 Å². The zero-order chi connectivity index (χ0) is 9.97. The van der Waals surface area contributed by atoms with Gasteiger partial charge in [0.05, 0.1) is 7.11 Å².